The Morgan fingerprint density at radius 1 is 0.938 bits per heavy atom. The maximum absolute atomic E-state index is 13.5. The highest BCUT2D eigenvalue weighted by Gasteiger charge is 2.37. The molecule has 0 aliphatic carbocycles. The normalized spacial score (nSPS) is 14.4. The number of halogens is 3. The van der Waals surface area contributed by atoms with E-state index in [0.717, 1.165) is 6.07 Å². The SMILES string of the molecule is COCCOc1cc2c(cc1OCCOC)C1=Nc3cccc(C(F)(F)F)c3CN1C=N2. The van der Waals surface area contributed by atoms with Crippen LogP contribution in [0.3, 0.4) is 0 Å². The molecule has 0 N–H and O–H groups in total. The third-order valence-corrected chi connectivity index (χ3v) is 5.01. The van der Waals surface area contributed by atoms with Crippen LogP contribution in [0.2, 0.25) is 0 Å². The van der Waals surface area contributed by atoms with Crippen LogP contribution in [0.15, 0.2) is 40.3 Å². The van der Waals surface area contributed by atoms with Crippen LogP contribution in [0.4, 0.5) is 24.5 Å². The van der Waals surface area contributed by atoms with Gasteiger partial charge in [0, 0.05) is 31.4 Å². The van der Waals surface area contributed by atoms with Crippen LogP contribution in [0.25, 0.3) is 0 Å². The van der Waals surface area contributed by atoms with E-state index in [-0.39, 0.29) is 17.8 Å². The minimum atomic E-state index is -4.46. The van der Waals surface area contributed by atoms with Crippen molar-refractivity contribution in [3.05, 3.63) is 47.0 Å². The van der Waals surface area contributed by atoms with E-state index in [9.17, 15) is 13.2 Å². The van der Waals surface area contributed by atoms with Gasteiger partial charge >= 0.3 is 6.18 Å². The summed E-state index contributed by atoms with van der Waals surface area (Å²) in [6, 6.07) is 7.49. The Kier molecular flexibility index (Phi) is 6.33. The topological polar surface area (TPSA) is 64.9 Å². The fraction of sp³-hybridized carbons (Fsp3) is 0.364. The zero-order chi connectivity index (χ0) is 22.7. The number of benzene rings is 2. The number of aliphatic imine (C=N–C) groups is 2. The number of fused-ring (bicyclic) bond motifs is 4. The molecule has 2 aliphatic heterocycles. The lowest BCUT2D eigenvalue weighted by Gasteiger charge is -2.32. The van der Waals surface area contributed by atoms with Gasteiger partial charge in [0.25, 0.3) is 0 Å². The Balaban J connectivity index is 1.74. The quantitative estimate of drug-likeness (QED) is 0.562. The van der Waals surface area contributed by atoms with Crippen LogP contribution >= 0.6 is 0 Å². The molecule has 32 heavy (non-hydrogen) atoms. The molecule has 170 valence electrons. The van der Waals surface area contributed by atoms with Crippen molar-refractivity contribution in [3.63, 3.8) is 0 Å². The van der Waals surface area contributed by atoms with Gasteiger partial charge in [0.1, 0.15) is 19.0 Å². The van der Waals surface area contributed by atoms with Crippen LogP contribution in [-0.4, -0.2) is 57.7 Å². The van der Waals surface area contributed by atoms with E-state index in [1.165, 1.54) is 12.4 Å². The van der Waals surface area contributed by atoms with E-state index in [1.807, 2.05) is 0 Å². The van der Waals surface area contributed by atoms with Crippen molar-refractivity contribution >= 4 is 23.5 Å². The molecular formula is C22H22F3N3O4. The summed E-state index contributed by atoms with van der Waals surface area (Å²) in [5, 5.41) is 0. The first-order valence-corrected chi connectivity index (χ1v) is 9.93. The molecule has 0 fully saturated rings. The van der Waals surface area contributed by atoms with Gasteiger partial charge in [-0.3, -0.25) is 0 Å². The van der Waals surface area contributed by atoms with Crippen molar-refractivity contribution in [3.8, 4) is 11.5 Å². The maximum Gasteiger partial charge on any atom is 0.416 e. The van der Waals surface area contributed by atoms with Crippen molar-refractivity contribution < 1.29 is 32.1 Å². The highest BCUT2D eigenvalue weighted by molar-refractivity contribution is 6.12. The molecule has 0 atom stereocenters. The van der Waals surface area contributed by atoms with Crippen LogP contribution in [0.5, 0.6) is 11.5 Å². The largest absolute Gasteiger partial charge is 0.487 e. The van der Waals surface area contributed by atoms with Gasteiger partial charge in [-0.15, -0.1) is 0 Å². The van der Waals surface area contributed by atoms with Crippen LogP contribution in [-0.2, 0) is 22.2 Å². The van der Waals surface area contributed by atoms with E-state index >= 15 is 0 Å². The van der Waals surface area contributed by atoms with Gasteiger partial charge in [0.2, 0.25) is 0 Å². The Hall–Kier alpha value is -3.11. The Labute approximate surface area is 183 Å². The standard InChI is InChI=1S/C22H22F3N3O4/c1-29-6-8-31-19-10-14-18(11-20(19)32-9-7-30-2)26-13-28-12-15-16(22(23,24)25)4-3-5-17(15)27-21(14)28/h3-5,10-11,13H,6-9,12H2,1-2H3. The summed E-state index contributed by atoms with van der Waals surface area (Å²) in [6.07, 6.45) is -2.97. The van der Waals surface area contributed by atoms with E-state index < -0.39 is 11.7 Å². The van der Waals surface area contributed by atoms with E-state index in [4.69, 9.17) is 18.9 Å². The predicted octanol–water partition coefficient (Wildman–Crippen LogP) is 4.32. The Morgan fingerprint density at radius 3 is 2.28 bits per heavy atom. The fourth-order valence-corrected chi connectivity index (χ4v) is 3.51. The second kappa shape index (κ2) is 9.17. The number of methoxy groups -OCH3 is 2. The van der Waals surface area contributed by atoms with Gasteiger partial charge in [0.05, 0.1) is 43.0 Å². The van der Waals surface area contributed by atoms with Crippen molar-refractivity contribution in [1.82, 2.24) is 4.90 Å². The van der Waals surface area contributed by atoms with Gasteiger partial charge in [-0.05, 0) is 18.2 Å². The van der Waals surface area contributed by atoms with Crippen LogP contribution in [0.1, 0.15) is 16.7 Å². The number of ether oxygens (including phenoxy) is 4. The summed E-state index contributed by atoms with van der Waals surface area (Å²) < 4.78 is 62.1. The smallest absolute Gasteiger partial charge is 0.416 e. The minimum absolute atomic E-state index is 0.0126. The molecule has 10 heteroatoms. The zero-order valence-electron chi connectivity index (χ0n) is 17.6. The van der Waals surface area contributed by atoms with Crippen molar-refractivity contribution in [2.45, 2.75) is 12.7 Å². The minimum Gasteiger partial charge on any atom is -0.487 e. The first-order chi connectivity index (χ1) is 15.4. The fourth-order valence-electron chi connectivity index (χ4n) is 3.51. The molecule has 0 bridgehead atoms. The van der Waals surface area contributed by atoms with Gasteiger partial charge in [0.15, 0.2) is 11.5 Å². The average Bonchev–Trinajstić information content (AvgIpc) is 2.77. The summed E-state index contributed by atoms with van der Waals surface area (Å²) in [6.45, 7) is 1.41. The molecule has 2 heterocycles. The molecule has 2 aromatic carbocycles. The van der Waals surface area contributed by atoms with Crippen LogP contribution < -0.4 is 9.47 Å². The maximum atomic E-state index is 13.5. The molecule has 0 saturated carbocycles. The molecule has 0 unspecified atom stereocenters. The molecule has 0 saturated heterocycles. The van der Waals surface area contributed by atoms with Gasteiger partial charge in [-0.1, -0.05) is 6.07 Å². The summed E-state index contributed by atoms with van der Waals surface area (Å²) in [5.74, 6) is 1.45. The summed E-state index contributed by atoms with van der Waals surface area (Å²) in [4.78, 5) is 10.6. The lowest BCUT2D eigenvalue weighted by Crippen LogP contribution is -2.35. The lowest BCUT2D eigenvalue weighted by molar-refractivity contribution is -0.138. The molecule has 0 spiro atoms. The van der Waals surface area contributed by atoms with E-state index in [0.29, 0.717) is 55.0 Å². The molecule has 0 amide bonds. The second-order valence-electron chi connectivity index (χ2n) is 7.11. The van der Waals surface area contributed by atoms with Crippen molar-refractivity contribution in [2.75, 3.05) is 40.6 Å². The molecule has 7 nitrogen and oxygen atoms in total. The van der Waals surface area contributed by atoms with Crippen LogP contribution in [0, 0.1) is 0 Å². The number of alkyl halides is 3. The van der Waals surface area contributed by atoms with E-state index in [2.05, 4.69) is 9.98 Å². The molecule has 0 radical (unpaired) electrons. The Morgan fingerprint density at radius 2 is 1.62 bits per heavy atom. The molecule has 0 aromatic heterocycles. The number of hydrogen-bond donors (Lipinski definition) is 0. The van der Waals surface area contributed by atoms with Gasteiger partial charge < -0.3 is 23.8 Å². The predicted molar refractivity (Wildman–Crippen MR) is 113 cm³/mol. The summed E-state index contributed by atoms with van der Waals surface area (Å²) in [5.41, 5.74) is 0.941. The molecule has 2 aliphatic rings. The monoisotopic (exact) mass is 449 g/mol. The third-order valence-electron chi connectivity index (χ3n) is 5.01. The van der Waals surface area contributed by atoms with Gasteiger partial charge in [-0.25, -0.2) is 9.98 Å². The van der Waals surface area contributed by atoms with Gasteiger partial charge in [-0.2, -0.15) is 13.2 Å². The lowest BCUT2D eigenvalue weighted by atomic mass is 10.0. The molecule has 2 aromatic rings. The summed E-state index contributed by atoms with van der Waals surface area (Å²) >= 11 is 0. The highest BCUT2D eigenvalue weighted by Crippen LogP contribution is 2.42. The first kappa shape index (κ1) is 22.1. The highest BCUT2D eigenvalue weighted by atomic mass is 19.4. The van der Waals surface area contributed by atoms with E-state index in [1.54, 1.807) is 37.3 Å². The van der Waals surface area contributed by atoms with Crippen molar-refractivity contribution in [2.24, 2.45) is 9.98 Å². The number of amidine groups is 1. The number of rotatable bonds is 8. The zero-order valence-corrected chi connectivity index (χ0v) is 17.6. The number of nitrogens with zero attached hydrogens (tertiary/aromatic N) is 3. The average molecular weight is 449 g/mol. The van der Waals surface area contributed by atoms with Crippen molar-refractivity contribution in [1.29, 1.82) is 0 Å². The third kappa shape index (κ3) is 4.42. The Bertz CT molecular complexity index is 1050. The second-order valence-corrected chi connectivity index (χ2v) is 7.11. The molecule has 4 rings (SSSR count). The molecular weight excluding hydrogens is 427 g/mol. The summed E-state index contributed by atoms with van der Waals surface area (Å²) in [7, 11) is 3.15. The first-order valence-electron chi connectivity index (χ1n) is 9.93. The number of hydrogen-bond acceptors (Lipinski definition) is 7.